The highest BCUT2D eigenvalue weighted by molar-refractivity contribution is 4.33. The molecule has 0 rings (SSSR count). The number of nitrogens with zero attached hydrogens (tertiary/aromatic N) is 1. The van der Waals surface area contributed by atoms with Gasteiger partial charge in [0.05, 0.1) is 0 Å². The Morgan fingerprint density at radius 3 is 2.44 bits per heavy atom. The van der Waals surface area contributed by atoms with E-state index in [1.54, 1.807) is 0 Å². The molecule has 0 saturated heterocycles. The van der Waals surface area contributed by atoms with E-state index in [1.807, 2.05) is 25.9 Å². The Labute approximate surface area is 56.2 Å². The van der Waals surface area contributed by atoms with Gasteiger partial charge in [-0.25, -0.2) is 0 Å². The second-order valence-electron chi connectivity index (χ2n) is 2.24. The summed E-state index contributed by atoms with van der Waals surface area (Å²) in [6.45, 7) is 2.36. The molecule has 0 bridgehead atoms. The molecule has 1 atom stereocenters. The first-order valence-corrected chi connectivity index (χ1v) is 3.11. The molecule has 0 aliphatic rings. The number of rotatable bonds is 4. The first-order valence-electron chi connectivity index (χ1n) is 3.11. The van der Waals surface area contributed by atoms with Gasteiger partial charge in [-0.1, -0.05) is 6.92 Å². The van der Waals surface area contributed by atoms with Crippen molar-refractivity contribution in [1.29, 1.82) is 0 Å². The van der Waals surface area contributed by atoms with Gasteiger partial charge in [0.1, 0.15) is 6.73 Å². The van der Waals surface area contributed by atoms with Crippen molar-refractivity contribution < 1.29 is 9.84 Å². The molecule has 1 unspecified atom stereocenters. The predicted molar refractivity (Wildman–Crippen MR) is 35.9 cm³/mol. The van der Waals surface area contributed by atoms with E-state index in [-0.39, 0.29) is 0 Å². The SMILES string of the molecule is CCC(O)OCN(C)C. The highest BCUT2D eigenvalue weighted by Gasteiger charge is 1.98. The molecule has 0 aliphatic heterocycles. The number of hydrogen-bond acceptors (Lipinski definition) is 3. The molecule has 56 valence electrons. The molecule has 1 N–H and O–H groups in total. The van der Waals surface area contributed by atoms with Crippen LogP contribution in [0.3, 0.4) is 0 Å². The zero-order valence-corrected chi connectivity index (χ0v) is 6.29. The van der Waals surface area contributed by atoms with E-state index in [4.69, 9.17) is 9.84 Å². The van der Waals surface area contributed by atoms with Crippen molar-refractivity contribution in [2.45, 2.75) is 19.6 Å². The Morgan fingerprint density at radius 1 is 1.56 bits per heavy atom. The second-order valence-corrected chi connectivity index (χ2v) is 2.24. The highest BCUT2D eigenvalue weighted by Crippen LogP contribution is 1.91. The van der Waals surface area contributed by atoms with Gasteiger partial charge >= 0.3 is 0 Å². The third kappa shape index (κ3) is 5.76. The van der Waals surface area contributed by atoms with E-state index in [9.17, 15) is 0 Å². The lowest BCUT2D eigenvalue weighted by atomic mass is 10.5. The molecule has 0 aromatic carbocycles. The van der Waals surface area contributed by atoms with Crippen LogP contribution in [0, 0.1) is 0 Å². The number of ether oxygens (including phenoxy) is 1. The van der Waals surface area contributed by atoms with Gasteiger partial charge < -0.3 is 9.84 Å². The van der Waals surface area contributed by atoms with Gasteiger partial charge in [0, 0.05) is 0 Å². The fourth-order valence-corrected chi connectivity index (χ4v) is 0.353. The van der Waals surface area contributed by atoms with Gasteiger partial charge in [-0.05, 0) is 20.5 Å². The zero-order valence-electron chi connectivity index (χ0n) is 6.29. The molecule has 0 aliphatic carbocycles. The van der Waals surface area contributed by atoms with Crippen LogP contribution in [0.1, 0.15) is 13.3 Å². The Morgan fingerprint density at radius 2 is 2.11 bits per heavy atom. The molecule has 0 aromatic rings. The van der Waals surface area contributed by atoms with Crippen LogP contribution in [-0.2, 0) is 4.74 Å². The number of aliphatic hydroxyl groups is 1. The summed E-state index contributed by atoms with van der Waals surface area (Å²) in [7, 11) is 3.78. The molecule has 0 spiro atoms. The van der Waals surface area contributed by atoms with Crippen LogP contribution in [0.15, 0.2) is 0 Å². The van der Waals surface area contributed by atoms with Crippen molar-refractivity contribution in [3.05, 3.63) is 0 Å². The fraction of sp³-hybridized carbons (Fsp3) is 1.00. The Hall–Kier alpha value is -0.120. The maximum Gasteiger partial charge on any atom is 0.156 e. The second kappa shape index (κ2) is 4.73. The normalized spacial score (nSPS) is 14.3. The van der Waals surface area contributed by atoms with E-state index in [0.717, 1.165) is 0 Å². The summed E-state index contributed by atoms with van der Waals surface area (Å²) in [5.41, 5.74) is 0. The first kappa shape index (κ1) is 8.88. The smallest absolute Gasteiger partial charge is 0.156 e. The maximum atomic E-state index is 8.86. The minimum absolute atomic E-state index is 0.481. The van der Waals surface area contributed by atoms with Gasteiger partial charge in [0.25, 0.3) is 0 Å². The molecule has 0 heterocycles. The average molecular weight is 133 g/mol. The molecular weight excluding hydrogens is 118 g/mol. The average Bonchev–Trinajstić information content (AvgIpc) is 1.83. The minimum Gasteiger partial charge on any atom is -0.368 e. The van der Waals surface area contributed by atoms with E-state index in [2.05, 4.69) is 0 Å². The number of hydrogen-bond donors (Lipinski definition) is 1. The van der Waals surface area contributed by atoms with E-state index < -0.39 is 6.29 Å². The molecule has 3 heteroatoms. The third-order valence-electron chi connectivity index (χ3n) is 0.874. The molecule has 0 amide bonds. The standard InChI is InChI=1S/C6H15NO2/c1-4-6(8)9-5-7(2)3/h6,8H,4-5H2,1-3H3. The quantitative estimate of drug-likeness (QED) is 0.558. The molecular formula is C6H15NO2. The Bertz CT molecular complexity index is 66.1. The largest absolute Gasteiger partial charge is 0.368 e. The molecule has 3 nitrogen and oxygen atoms in total. The first-order chi connectivity index (χ1) is 4.16. The summed E-state index contributed by atoms with van der Waals surface area (Å²) in [4.78, 5) is 1.86. The minimum atomic E-state index is -0.604. The lowest BCUT2D eigenvalue weighted by Gasteiger charge is -2.13. The summed E-state index contributed by atoms with van der Waals surface area (Å²) < 4.78 is 4.93. The number of aliphatic hydroxyl groups excluding tert-OH is 1. The molecule has 0 aromatic heterocycles. The summed E-state index contributed by atoms with van der Waals surface area (Å²) in [5.74, 6) is 0. The Balaban J connectivity index is 3.06. The summed E-state index contributed by atoms with van der Waals surface area (Å²) in [6.07, 6.45) is 0.0424. The highest BCUT2D eigenvalue weighted by atomic mass is 16.6. The fourth-order valence-electron chi connectivity index (χ4n) is 0.353. The summed E-state index contributed by atoms with van der Waals surface area (Å²) in [6, 6.07) is 0. The predicted octanol–water partition coefficient (Wildman–Crippen LogP) is 0.250. The van der Waals surface area contributed by atoms with Crippen LogP contribution < -0.4 is 0 Å². The molecule has 0 fully saturated rings. The van der Waals surface area contributed by atoms with Crippen molar-refractivity contribution in [2.75, 3.05) is 20.8 Å². The summed E-state index contributed by atoms with van der Waals surface area (Å²) in [5, 5.41) is 8.86. The lowest BCUT2D eigenvalue weighted by Crippen LogP contribution is -2.21. The van der Waals surface area contributed by atoms with Crippen LogP contribution >= 0.6 is 0 Å². The van der Waals surface area contributed by atoms with Crippen LogP contribution in [0.25, 0.3) is 0 Å². The van der Waals surface area contributed by atoms with Crippen molar-refractivity contribution >= 4 is 0 Å². The monoisotopic (exact) mass is 133 g/mol. The van der Waals surface area contributed by atoms with Crippen LogP contribution in [0.2, 0.25) is 0 Å². The Kier molecular flexibility index (Phi) is 4.67. The summed E-state index contributed by atoms with van der Waals surface area (Å²) >= 11 is 0. The van der Waals surface area contributed by atoms with Crippen LogP contribution in [0.4, 0.5) is 0 Å². The van der Waals surface area contributed by atoms with E-state index in [1.165, 1.54) is 0 Å². The van der Waals surface area contributed by atoms with Gasteiger partial charge in [0.2, 0.25) is 0 Å². The molecule has 0 saturated carbocycles. The maximum absolute atomic E-state index is 8.86. The topological polar surface area (TPSA) is 32.7 Å². The van der Waals surface area contributed by atoms with Gasteiger partial charge in [-0.15, -0.1) is 0 Å². The van der Waals surface area contributed by atoms with Gasteiger partial charge in [0.15, 0.2) is 6.29 Å². The van der Waals surface area contributed by atoms with E-state index >= 15 is 0 Å². The van der Waals surface area contributed by atoms with Crippen LogP contribution in [0.5, 0.6) is 0 Å². The van der Waals surface area contributed by atoms with Crippen LogP contribution in [-0.4, -0.2) is 37.1 Å². The van der Waals surface area contributed by atoms with Crippen molar-refractivity contribution in [1.82, 2.24) is 4.90 Å². The zero-order chi connectivity index (χ0) is 7.28. The molecule has 9 heavy (non-hydrogen) atoms. The van der Waals surface area contributed by atoms with Gasteiger partial charge in [-0.3, -0.25) is 4.90 Å². The molecule has 0 radical (unpaired) electrons. The van der Waals surface area contributed by atoms with Crippen molar-refractivity contribution in [2.24, 2.45) is 0 Å². The van der Waals surface area contributed by atoms with Crippen molar-refractivity contribution in [3.8, 4) is 0 Å². The lowest BCUT2D eigenvalue weighted by molar-refractivity contribution is -0.126. The van der Waals surface area contributed by atoms with Gasteiger partial charge in [-0.2, -0.15) is 0 Å². The third-order valence-corrected chi connectivity index (χ3v) is 0.874. The van der Waals surface area contributed by atoms with E-state index in [0.29, 0.717) is 13.2 Å². The van der Waals surface area contributed by atoms with Crippen molar-refractivity contribution in [3.63, 3.8) is 0 Å².